The maximum absolute atomic E-state index is 12.1. The fourth-order valence-electron chi connectivity index (χ4n) is 2.48. The number of carbonyl (C=O) groups excluding carboxylic acids is 1. The van der Waals surface area contributed by atoms with Gasteiger partial charge in [-0.2, -0.15) is 18.4 Å². The molecule has 0 bridgehead atoms. The Labute approximate surface area is 163 Å². The largest absolute Gasteiger partial charge is 0.490 e. The Morgan fingerprint density at radius 2 is 1.93 bits per heavy atom. The summed E-state index contributed by atoms with van der Waals surface area (Å²) in [6, 6.07) is 7.77. The van der Waals surface area contributed by atoms with Crippen LogP contribution in [0.2, 0.25) is 0 Å². The van der Waals surface area contributed by atoms with E-state index in [1.54, 1.807) is 17.0 Å². The zero-order chi connectivity index (χ0) is 22.2. The smallest absolute Gasteiger partial charge is 0.475 e. The Morgan fingerprint density at radius 1 is 1.38 bits per heavy atom. The lowest BCUT2D eigenvalue weighted by Gasteiger charge is -2.23. The summed E-state index contributed by atoms with van der Waals surface area (Å²) in [5.74, 6) is 2.90. The molecule has 1 aromatic rings. The zero-order valence-electron chi connectivity index (χ0n) is 15.0. The highest BCUT2D eigenvalue weighted by Gasteiger charge is 2.38. The normalized spacial score (nSPS) is 16.0. The summed E-state index contributed by atoms with van der Waals surface area (Å²) in [4.78, 5) is 32.7. The number of carbonyl (C=O) groups is 2. The van der Waals surface area contributed by atoms with E-state index in [2.05, 4.69) is 6.07 Å². The third kappa shape index (κ3) is 7.72. The highest BCUT2D eigenvalue weighted by atomic mass is 19.4. The molecule has 0 saturated carbocycles. The molecule has 1 aromatic carbocycles. The molecule has 158 valence electrons. The summed E-state index contributed by atoms with van der Waals surface area (Å²) in [7, 11) is 0. The van der Waals surface area contributed by atoms with E-state index >= 15 is 0 Å². The van der Waals surface area contributed by atoms with Gasteiger partial charge in [0.15, 0.2) is 0 Å². The Bertz CT molecular complexity index is 779. The van der Waals surface area contributed by atoms with Gasteiger partial charge in [-0.3, -0.25) is 20.8 Å². The van der Waals surface area contributed by atoms with Crippen molar-refractivity contribution in [2.75, 3.05) is 13.1 Å². The lowest BCUT2D eigenvalue weighted by Crippen LogP contribution is -2.44. The van der Waals surface area contributed by atoms with E-state index in [1.807, 2.05) is 0 Å². The first kappa shape index (κ1) is 23.8. The van der Waals surface area contributed by atoms with Gasteiger partial charge in [0.25, 0.3) is 5.69 Å². The van der Waals surface area contributed by atoms with Crippen molar-refractivity contribution in [1.82, 2.24) is 9.91 Å². The van der Waals surface area contributed by atoms with Crippen LogP contribution >= 0.6 is 0 Å². The van der Waals surface area contributed by atoms with Gasteiger partial charge in [0.2, 0.25) is 5.91 Å². The molecule has 0 aromatic heterocycles. The van der Waals surface area contributed by atoms with Crippen molar-refractivity contribution < 1.29 is 32.8 Å². The predicted octanol–water partition coefficient (Wildman–Crippen LogP) is 1.42. The summed E-state index contributed by atoms with van der Waals surface area (Å²) in [5, 5.41) is 28.0. The number of aliphatic carboxylic acids is 1. The molecular weight excluding hydrogens is 399 g/mol. The van der Waals surface area contributed by atoms with Crippen LogP contribution in [0.5, 0.6) is 0 Å². The number of carboxylic acids is 1. The van der Waals surface area contributed by atoms with Gasteiger partial charge in [0, 0.05) is 25.2 Å². The Morgan fingerprint density at radius 3 is 2.38 bits per heavy atom. The van der Waals surface area contributed by atoms with Crippen molar-refractivity contribution in [2.45, 2.75) is 31.6 Å². The van der Waals surface area contributed by atoms with Gasteiger partial charge < -0.3 is 10.0 Å². The van der Waals surface area contributed by atoms with E-state index in [4.69, 9.17) is 21.0 Å². The number of nitro benzene ring substituents is 1. The van der Waals surface area contributed by atoms with Crippen LogP contribution in [0.1, 0.15) is 18.4 Å². The van der Waals surface area contributed by atoms with Gasteiger partial charge in [-0.25, -0.2) is 9.80 Å². The van der Waals surface area contributed by atoms with Crippen molar-refractivity contribution in [3.63, 3.8) is 0 Å². The molecule has 3 N–H and O–H groups in total. The minimum atomic E-state index is -5.08. The quantitative estimate of drug-likeness (QED) is 0.414. The highest BCUT2D eigenvalue weighted by molar-refractivity contribution is 5.79. The molecule has 1 fully saturated rings. The first-order valence-electron chi connectivity index (χ1n) is 8.18. The molecule has 0 spiro atoms. The number of likely N-dealkylation sites (tertiary alicyclic amines) is 1. The first-order chi connectivity index (χ1) is 13.5. The maximum atomic E-state index is 12.1. The molecule has 1 amide bonds. The average molecular weight is 417 g/mol. The molecule has 10 nitrogen and oxygen atoms in total. The molecule has 29 heavy (non-hydrogen) atoms. The van der Waals surface area contributed by atoms with Crippen LogP contribution in [0, 0.1) is 21.4 Å². The van der Waals surface area contributed by atoms with Crippen LogP contribution in [0.15, 0.2) is 24.3 Å². The second-order valence-electron chi connectivity index (χ2n) is 6.01. The third-order valence-electron chi connectivity index (χ3n) is 3.84. The SMILES string of the molecule is N#CC1CCCN1C(=O)CN(N)Cc1ccc([N+](=O)[O-])cc1.O=C(O)C(F)(F)F. The number of hydrazine groups is 1. The van der Waals surface area contributed by atoms with Crippen molar-refractivity contribution >= 4 is 17.6 Å². The van der Waals surface area contributed by atoms with E-state index in [0.29, 0.717) is 19.5 Å². The number of benzene rings is 1. The van der Waals surface area contributed by atoms with Gasteiger partial charge in [-0.1, -0.05) is 12.1 Å². The lowest BCUT2D eigenvalue weighted by molar-refractivity contribution is -0.384. The molecule has 2 rings (SSSR count). The Balaban J connectivity index is 0.000000516. The number of nitro groups is 1. The molecule has 1 aliphatic rings. The fraction of sp³-hybridized carbons (Fsp3) is 0.438. The summed E-state index contributed by atoms with van der Waals surface area (Å²) >= 11 is 0. The minimum absolute atomic E-state index is 0.00909. The number of rotatable bonds is 5. The molecule has 1 atom stereocenters. The van der Waals surface area contributed by atoms with Crippen LogP contribution in [0.4, 0.5) is 18.9 Å². The Hall–Kier alpha value is -3.24. The van der Waals surface area contributed by atoms with Gasteiger partial charge in [0.05, 0.1) is 17.5 Å². The minimum Gasteiger partial charge on any atom is -0.475 e. The molecule has 1 saturated heterocycles. The monoisotopic (exact) mass is 417 g/mol. The number of non-ortho nitro benzene ring substituents is 1. The fourth-order valence-corrected chi connectivity index (χ4v) is 2.48. The highest BCUT2D eigenvalue weighted by Crippen LogP contribution is 2.17. The van der Waals surface area contributed by atoms with E-state index in [0.717, 1.165) is 12.0 Å². The number of hydrogen-bond donors (Lipinski definition) is 2. The van der Waals surface area contributed by atoms with Crippen LogP contribution in [-0.4, -0.2) is 57.1 Å². The van der Waals surface area contributed by atoms with E-state index in [-0.39, 0.29) is 24.2 Å². The van der Waals surface area contributed by atoms with Crippen molar-refractivity contribution in [2.24, 2.45) is 5.84 Å². The van der Waals surface area contributed by atoms with Gasteiger partial charge >= 0.3 is 12.1 Å². The topological polar surface area (TPSA) is 154 Å². The van der Waals surface area contributed by atoms with Gasteiger partial charge in [0.1, 0.15) is 6.04 Å². The summed E-state index contributed by atoms with van der Waals surface area (Å²) in [6.07, 6.45) is -3.55. The molecule has 13 heteroatoms. The molecule has 0 radical (unpaired) electrons. The summed E-state index contributed by atoms with van der Waals surface area (Å²) in [6.45, 7) is 0.895. The molecule has 0 aliphatic carbocycles. The van der Waals surface area contributed by atoms with Crippen molar-refractivity contribution in [3.8, 4) is 6.07 Å². The van der Waals surface area contributed by atoms with Gasteiger partial charge in [-0.15, -0.1) is 0 Å². The van der Waals surface area contributed by atoms with E-state index in [9.17, 15) is 28.1 Å². The maximum Gasteiger partial charge on any atom is 0.490 e. The zero-order valence-corrected chi connectivity index (χ0v) is 15.0. The number of carboxylic acid groups (broad SMARTS) is 1. The number of nitriles is 1. The molecule has 1 aliphatic heterocycles. The van der Waals surface area contributed by atoms with Crippen LogP contribution in [-0.2, 0) is 16.1 Å². The van der Waals surface area contributed by atoms with Crippen molar-refractivity contribution in [1.29, 1.82) is 5.26 Å². The van der Waals surface area contributed by atoms with E-state index in [1.165, 1.54) is 17.1 Å². The number of halogens is 3. The summed E-state index contributed by atoms with van der Waals surface area (Å²) < 4.78 is 31.7. The van der Waals surface area contributed by atoms with E-state index < -0.39 is 17.1 Å². The standard InChI is InChI=1S/C14H17N5O3.C2HF3O2/c15-8-13-2-1-7-18(13)14(20)10-17(16)9-11-3-5-12(6-4-11)19(21)22;3-2(4,5)1(6)7/h3-6,13H,1-2,7,9-10,16H2;(H,6,7). The number of nitrogens with zero attached hydrogens (tertiary/aromatic N) is 4. The van der Waals surface area contributed by atoms with Crippen molar-refractivity contribution in [3.05, 3.63) is 39.9 Å². The number of nitrogens with two attached hydrogens (primary N) is 1. The summed E-state index contributed by atoms with van der Waals surface area (Å²) in [5.41, 5.74) is 0.788. The Kier molecular flexibility index (Phi) is 8.49. The molecule has 1 unspecified atom stereocenters. The number of amides is 1. The first-order valence-corrected chi connectivity index (χ1v) is 8.18. The average Bonchev–Trinajstić information content (AvgIpc) is 3.10. The number of alkyl halides is 3. The third-order valence-corrected chi connectivity index (χ3v) is 3.84. The molecular formula is C16H18F3N5O5. The predicted molar refractivity (Wildman–Crippen MR) is 91.7 cm³/mol. The molecule has 1 heterocycles. The van der Waals surface area contributed by atoms with Crippen LogP contribution < -0.4 is 5.84 Å². The van der Waals surface area contributed by atoms with Crippen LogP contribution in [0.25, 0.3) is 0 Å². The number of hydrogen-bond acceptors (Lipinski definition) is 7. The lowest BCUT2D eigenvalue weighted by atomic mass is 10.2. The van der Waals surface area contributed by atoms with Gasteiger partial charge in [-0.05, 0) is 18.4 Å². The second-order valence-corrected chi connectivity index (χ2v) is 6.01. The van der Waals surface area contributed by atoms with Crippen LogP contribution in [0.3, 0.4) is 0 Å². The second kappa shape index (κ2) is 10.3.